The fourth-order valence-electron chi connectivity index (χ4n) is 3.36. The number of thiophene rings is 1. The van der Waals surface area contributed by atoms with Gasteiger partial charge in [0.25, 0.3) is 0 Å². The first-order chi connectivity index (χ1) is 17.5. The molecule has 0 aliphatic heterocycles. The molecule has 0 atom stereocenters. The third-order valence-electron chi connectivity index (χ3n) is 5.25. The Balaban J connectivity index is 1.39. The van der Waals surface area contributed by atoms with E-state index in [9.17, 15) is 9.59 Å². The number of hydrogen-bond donors (Lipinski definition) is 1. The molecule has 1 N–H and O–H groups in total. The maximum absolute atomic E-state index is 12.8. The molecule has 4 rings (SSSR count). The lowest BCUT2D eigenvalue weighted by Crippen LogP contribution is -2.16. The van der Waals surface area contributed by atoms with Crippen LogP contribution in [-0.2, 0) is 22.3 Å². The van der Waals surface area contributed by atoms with Crippen LogP contribution < -0.4 is 5.32 Å². The lowest BCUT2D eigenvalue weighted by atomic mass is 10.0. The van der Waals surface area contributed by atoms with Crippen molar-refractivity contribution in [3.05, 3.63) is 76.9 Å². The minimum atomic E-state index is -0.454. The Bertz CT molecular complexity index is 1330. The maximum Gasteiger partial charge on any atom is 0.341 e. The molecule has 0 unspecified atom stereocenters. The molecule has 0 fully saturated rings. The summed E-state index contributed by atoms with van der Waals surface area (Å²) >= 11 is 4.30. The molecule has 2 aromatic heterocycles. The number of nitrogens with one attached hydrogen (secondary N) is 1. The highest BCUT2D eigenvalue weighted by Gasteiger charge is 2.23. The number of nitrogens with zero attached hydrogens (tertiary/aromatic N) is 3. The summed E-state index contributed by atoms with van der Waals surface area (Å²) in [5.74, 6) is 0.964. The van der Waals surface area contributed by atoms with Crippen LogP contribution in [0.3, 0.4) is 0 Å². The summed E-state index contributed by atoms with van der Waals surface area (Å²) in [6.45, 7) is 4.08. The van der Waals surface area contributed by atoms with Gasteiger partial charge in [-0.1, -0.05) is 59.8 Å². The molecule has 36 heavy (non-hydrogen) atoms. The molecule has 0 radical (unpaired) electrons. The molecule has 0 saturated carbocycles. The second-order valence-electron chi connectivity index (χ2n) is 7.84. The van der Waals surface area contributed by atoms with Gasteiger partial charge < -0.3 is 14.6 Å². The van der Waals surface area contributed by atoms with E-state index in [1.54, 1.807) is 18.7 Å². The fourth-order valence-corrected chi connectivity index (χ4v) is 5.94. The molecule has 0 aliphatic rings. The van der Waals surface area contributed by atoms with Gasteiger partial charge in [0.1, 0.15) is 16.4 Å². The van der Waals surface area contributed by atoms with Crippen LogP contribution in [0, 0.1) is 6.92 Å². The first kappa shape index (κ1) is 26.0. The molecule has 0 aliphatic carbocycles. The van der Waals surface area contributed by atoms with Crippen LogP contribution >= 0.6 is 34.9 Å². The number of benzene rings is 2. The fraction of sp³-hybridized carbons (Fsp3) is 0.231. The molecule has 4 aromatic rings. The van der Waals surface area contributed by atoms with Crippen molar-refractivity contribution in [2.75, 3.05) is 17.7 Å². The summed E-state index contributed by atoms with van der Waals surface area (Å²) in [4.78, 5) is 26.7. The van der Waals surface area contributed by atoms with E-state index in [1.165, 1.54) is 33.6 Å². The molecule has 0 saturated heterocycles. The van der Waals surface area contributed by atoms with E-state index >= 15 is 0 Å². The Kier molecular flexibility index (Phi) is 8.84. The van der Waals surface area contributed by atoms with Gasteiger partial charge in [-0.3, -0.25) is 4.79 Å². The zero-order valence-electron chi connectivity index (χ0n) is 20.2. The quantitative estimate of drug-likeness (QED) is 0.194. The molecule has 2 heterocycles. The van der Waals surface area contributed by atoms with Gasteiger partial charge in [0, 0.05) is 22.9 Å². The van der Waals surface area contributed by atoms with Crippen molar-refractivity contribution in [2.45, 2.75) is 29.7 Å². The lowest BCUT2D eigenvalue weighted by Gasteiger charge is -2.09. The first-order valence-corrected chi connectivity index (χ1v) is 14.2. The van der Waals surface area contributed by atoms with Crippen LogP contribution in [0.4, 0.5) is 5.00 Å². The van der Waals surface area contributed by atoms with Gasteiger partial charge in [-0.25, -0.2) is 4.79 Å². The molecule has 7 nitrogen and oxygen atoms in total. The van der Waals surface area contributed by atoms with Gasteiger partial charge in [-0.05, 0) is 31.5 Å². The summed E-state index contributed by atoms with van der Waals surface area (Å²) in [6.07, 6.45) is 0. The lowest BCUT2D eigenvalue weighted by molar-refractivity contribution is -0.113. The van der Waals surface area contributed by atoms with Gasteiger partial charge in [0.15, 0.2) is 5.16 Å². The van der Waals surface area contributed by atoms with E-state index in [1.807, 2.05) is 47.3 Å². The summed E-state index contributed by atoms with van der Waals surface area (Å²) in [7, 11) is 1.90. The Labute approximate surface area is 222 Å². The van der Waals surface area contributed by atoms with E-state index in [-0.39, 0.29) is 18.3 Å². The second kappa shape index (κ2) is 12.2. The molecular formula is C26H26N4O3S3. The predicted octanol–water partition coefficient (Wildman–Crippen LogP) is 6.05. The Hall–Kier alpha value is -3.08. The number of carbonyl (C=O) groups is 2. The Morgan fingerprint density at radius 3 is 2.53 bits per heavy atom. The maximum atomic E-state index is 12.8. The van der Waals surface area contributed by atoms with E-state index < -0.39 is 5.97 Å². The van der Waals surface area contributed by atoms with Gasteiger partial charge in [-0.15, -0.1) is 33.3 Å². The van der Waals surface area contributed by atoms with E-state index in [0.29, 0.717) is 21.5 Å². The summed E-state index contributed by atoms with van der Waals surface area (Å²) in [5, 5.41) is 14.4. The molecule has 0 bridgehead atoms. The first-order valence-electron chi connectivity index (χ1n) is 11.3. The Morgan fingerprint density at radius 1 is 1.06 bits per heavy atom. The number of thioether (sulfide) groups is 2. The number of esters is 1. The number of amides is 1. The van der Waals surface area contributed by atoms with E-state index in [4.69, 9.17) is 4.74 Å². The third-order valence-corrected chi connectivity index (χ3v) is 8.18. The average Bonchev–Trinajstić information content (AvgIpc) is 3.46. The van der Waals surface area contributed by atoms with E-state index in [2.05, 4.69) is 46.7 Å². The standard InChI is InChI=1S/C26H26N4O3S3/c1-4-33-25(32)23-20(18-8-6-5-7-9-18)14-35-24(23)27-22(31)16-36-26-29-28-21(30(26)3)15-34-19-12-10-17(2)11-13-19/h5-14H,4,15-16H2,1-3H3,(H,27,31). The number of ether oxygens (including phenoxy) is 1. The smallest absolute Gasteiger partial charge is 0.341 e. The predicted molar refractivity (Wildman–Crippen MR) is 147 cm³/mol. The highest BCUT2D eigenvalue weighted by molar-refractivity contribution is 7.99. The van der Waals surface area contributed by atoms with Gasteiger partial charge in [-0.2, -0.15) is 0 Å². The zero-order chi connectivity index (χ0) is 25.5. The number of aromatic nitrogens is 3. The van der Waals surface area contributed by atoms with Crippen LogP contribution in [-0.4, -0.2) is 39.0 Å². The van der Waals surface area contributed by atoms with Crippen LogP contribution in [0.2, 0.25) is 0 Å². The average molecular weight is 539 g/mol. The highest BCUT2D eigenvalue weighted by Crippen LogP contribution is 2.36. The Morgan fingerprint density at radius 2 is 1.81 bits per heavy atom. The molecule has 2 aromatic carbocycles. The van der Waals surface area contributed by atoms with Crippen LogP contribution in [0.25, 0.3) is 11.1 Å². The van der Waals surface area contributed by atoms with Crippen LogP contribution in [0.5, 0.6) is 0 Å². The van der Waals surface area contributed by atoms with E-state index in [0.717, 1.165) is 17.0 Å². The SMILES string of the molecule is CCOC(=O)c1c(-c2ccccc2)csc1NC(=O)CSc1nnc(CSc2ccc(C)cc2)n1C. The third kappa shape index (κ3) is 6.37. The highest BCUT2D eigenvalue weighted by atomic mass is 32.2. The van der Waals surface area contributed by atoms with Crippen molar-refractivity contribution in [2.24, 2.45) is 7.05 Å². The summed E-state index contributed by atoms with van der Waals surface area (Å²) in [6, 6.07) is 17.9. The summed E-state index contributed by atoms with van der Waals surface area (Å²) < 4.78 is 7.17. The summed E-state index contributed by atoms with van der Waals surface area (Å²) in [5.41, 5.74) is 3.23. The number of anilines is 1. The second-order valence-corrected chi connectivity index (χ2v) is 10.7. The topological polar surface area (TPSA) is 86.1 Å². The van der Waals surface area contributed by atoms with Crippen molar-refractivity contribution >= 4 is 51.7 Å². The van der Waals surface area contributed by atoms with Crippen molar-refractivity contribution < 1.29 is 14.3 Å². The molecule has 186 valence electrons. The monoisotopic (exact) mass is 538 g/mol. The normalized spacial score (nSPS) is 10.9. The van der Waals surface area contributed by atoms with Crippen molar-refractivity contribution in [3.8, 4) is 11.1 Å². The van der Waals surface area contributed by atoms with Gasteiger partial charge in [0.05, 0.1) is 18.1 Å². The van der Waals surface area contributed by atoms with Crippen molar-refractivity contribution in [1.29, 1.82) is 0 Å². The molecule has 10 heteroatoms. The van der Waals surface area contributed by atoms with Crippen LogP contribution in [0.15, 0.2) is 70.0 Å². The van der Waals surface area contributed by atoms with Crippen molar-refractivity contribution in [1.82, 2.24) is 14.8 Å². The molecule has 1 amide bonds. The number of rotatable bonds is 10. The largest absolute Gasteiger partial charge is 0.462 e. The number of hydrogen-bond acceptors (Lipinski definition) is 8. The minimum Gasteiger partial charge on any atom is -0.462 e. The number of aryl methyl sites for hydroxylation is 1. The van der Waals surface area contributed by atoms with Crippen molar-refractivity contribution in [3.63, 3.8) is 0 Å². The molecular weight excluding hydrogens is 513 g/mol. The van der Waals surface area contributed by atoms with Gasteiger partial charge >= 0.3 is 5.97 Å². The zero-order valence-corrected chi connectivity index (χ0v) is 22.6. The molecule has 0 spiro atoms. The number of carbonyl (C=O) groups excluding carboxylic acids is 2. The van der Waals surface area contributed by atoms with Gasteiger partial charge in [0.2, 0.25) is 5.91 Å². The van der Waals surface area contributed by atoms with Crippen LogP contribution in [0.1, 0.15) is 28.7 Å². The minimum absolute atomic E-state index is 0.137.